The summed E-state index contributed by atoms with van der Waals surface area (Å²) >= 11 is 1.25. The van der Waals surface area contributed by atoms with E-state index in [4.69, 9.17) is 4.74 Å². The number of nitrogens with zero attached hydrogens (tertiary/aromatic N) is 2. The number of nitrogens with one attached hydrogen (secondary N) is 1. The van der Waals surface area contributed by atoms with E-state index in [1.807, 2.05) is 35.0 Å². The van der Waals surface area contributed by atoms with Crippen LogP contribution in [0.15, 0.2) is 66.1 Å². The van der Waals surface area contributed by atoms with E-state index in [1.54, 1.807) is 13.3 Å². The Morgan fingerprint density at radius 3 is 2.60 bits per heavy atom. The van der Waals surface area contributed by atoms with Crippen LogP contribution in [0.25, 0.3) is 0 Å². The molecule has 3 rings (SSSR count). The normalized spacial score (nSPS) is 11.2. The molecule has 10 heteroatoms. The first-order chi connectivity index (χ1) is 14.3. The van der Waals surface area contributed by atoms with Gasteiger partial charge in [-0.15, -0.1) is 13.2 Å². The number of aromatic nitrogens is 2. The molecule has 0 radical (unpaired) electrons. The number of hydrogen-bond donors (Lipinski definition) is 1. The molecule has 30 heavy (non-hydrogen) atoms. The molecule has 0 saturated carbocycles. The number of carbonyl (C=O) groups excluding carboxylic acids is 1. The number of alkyl halides is 3. The monoisotopic (exact) mass is 437 g/mol. The average molecular weight is 437 g/mol. The summed E-state index contributed by atoms with van der Waals surface area (Å²) < 4.78 is 47.6. The molecule has 0 bridgehead atoms. The van der Waals surface area contributed by atoms with Crippen LogP contribution in [0.3, 0.4) is 0 Å². The molecule has 0 saturated heterocycles. The second kappa shape index (κ2) is 9.57. The van der Waals surface area contributed by atoms with Crippen molar-refractivity contribution in [1.29, 1.82) is 0 Å². The number of halogens is 3. The average Bonchev–Trinajstić information content (AvgIpc) is 3.14. The van der Waals surface area contributed by atoms with Gasteiger partial charge < -0.3 is 19.4 Å². The van der Waals surface area contributed by atoms with Crippen molar-refractivity contribution in [2.24, 2.45) is 0 Å². The van der Waals surface area contributed by atoms with Crippen LogP contribution < -0.4 is 14.8 Å². The molecule has 0 aliphatic rings. The number of amides is 1. The van der Waals surface area contributed by atoms with Crippen LogP contribution in [-0.4, -0.2) is 34.7 Å². The Kier molecular flexibility index (Phi) is 6.88. The molecule has 6 nitrogen and oxygen atoms in total. The fraction of sp³-hybridized carbons (Fsp3) is 0.200. The van der Waals surface area contributed by atoms with Gasteiger partial charge in [-0.1, -0.05) is 30.0 Å². The minimum absolute atomic E-state index is 0.0870. The molecular weight excluding hydrogens is 419 g/mol. The third kappa shape index (κ3) is 6.18. The second-order valence-electron chi connectivity index (χ2n) is 6.06. The van der Waals surface area contributed by atoms with Gasteiger partial charge in [-0.25, -0.2) is 4.98 Å². The van der Waals surface area contributed by atoms with Crippen molar-refractivity contribution in [2.45, 2.75) is 18.1 Å². The van der Waals surface area contributed by atoms with Crippen molar-refractivity contribution < 1.29 is 27.4 Å². The van der Waals surface area contributed by atoms with Gasteiger partial charge in [0.05, 0.1) is 19.4 Å². The summed E-state index contributed by atoms with van der Waals surface area (Å²) in [6.07, 6.45) is -1.30. The molecule has 3 aromatic rings. The van der Waals surface area contributed by atoms with Crippen molar-refractivity contribution in [3.63, 3.8) is 0 Å². The topological polar surface area (TPSA) is 65.4 Å². The minimum atomic E-state index is -4.76. The number of thioether (sulfide) groups is 1. The molecule has 1 heterocycles. The number of anilines is 1. The molecule has 0 aliphatic heterocycles. The first kappa shape index (κ1) is 21.6. The fourth-order valence-corrected chi connectivity index (χ4v) is 3.40. The van der Waals surface area contributed by atoms with Gasteiger partial charge in [-0.3, -0.25) is 4.79 Å². The third-order valence-corrected chi connectivity index (χ3v) is 4.92. The van der Waals surface area contributed by atoms with Crippen LogP contribution in [0.1, 0.15) is 5.56 Å². The highest BCUT2D eigenvalue weighted by Gasteiger charge is 2.30. The summed E-state index contributed by atoms with van der Waals surface area (Å²) in [6.45, 7) is 0.536. The van der Waals surface area contributed by atoms with Crippen LogP contribution in [0.2, 0.25) is 0 Å². The zero-order chi connectivity index (χ0) is 21.6. The summed E-state index contributed by atoms with van der Waals surface area (Å²) in [5.74, 6) is 0.187. The van der Waals surface area contributed by atoms with Crippen LogP contribution in [0.4, 0.5) is 18.9 Å². The Bertz CT molecular complexity index is 991. The number of carbonyl (C=O) groups is 1. The van der Waals surface area contributed by atoms with Gasteiger partial charge in [-0.2, -0.15) is 0 Å². The molecule has 0 unspecified atom stereocenters. The number of hydrogen-bond acceptors (Lipinski definition) is 5. The van der Waals surface area contributed by atoms with Crippen molar-refractivity contribution in [3.8, 4) is 11.5 Å². The molecule has 1 aromatic heterocycles. The Labute approximate surface area is 175 Å². The maximum absolute atomic E-state index is 12.2. The third-order valence-electron chi connectivity index (χ3n) is 3.91. The van der Waals surface area contributed by atoms with Gasteiger partial charge in [0.1, 0.15) is 11.5 Å². The van der Waals surface area contributed by atoms with E-state index in [1.165, 1.54) is 23.9 Å². The Hall–Kier alpha value is -3.14. The minimum Gasteiger partial charge on any atom is -0.496 e. The van der Waals surface area contributed by atoms with Crippen molar-refractivity contribution >= 4 is 23.4 Å². The molecule has 0 aliphatic carbocycles. The number of rotatable bonds is 8. The quantitative estimate of drug-likeness (QED) is 0.523. The summed E-state index contributed by atoms with van der Waals surface area (Å²) in [5, 5.41) is 3.29. The SMILES string of the molecule is COc1ccccc1Cn1ccnc1SCC(=O)Nc1ccc(OC(F)(F)F)cc1. The van der Waals surface area contributed by atoms with E-state index in [9.17, 15) is 18.0 Å². The van der Waals surface area contributed by atoms with E-state index < -0.39 is 6.36 Å². The predicted octanol–water partition coefficient (Wildman–Crippen LogP) is 4.57. The highest BCUT2D eigenvalue weighted by molar-refractivity contribution is 7.99. The number of ether oxygens (including phenoxy) is 2. The lowest BCUT2D eigenvalue weighted by Crippen LogP contribution is -2.17. The first-order valence-corrected chi connectivity index (χ1v) is 9.74. The van der Waals surface area contributed by atoms with Gasteiger partial charge in [0.2, 0.25) is 5.91 Å². The van der Waals surface area contributed by atoms with Crippen molar-refractivity contribution in [3.05, 3.63) is 66.5 Å². The van der Waals surface area contributed by atoms with Crippen molar-refractivity contribution in [2.75, 3.05) is 18.2 Å². The zero-order valence-electron chi connectivity index (χ0n) is 15.8. The molecule has 0 fully saturated rings. The number of para-hydroxylation sites is 1. The van der Waals surface area contributed by atoms with Gasteiger partial charge in [0.15, 0.2) is 5.16 Å². The van der Waals surface area contributed by atoms with Crippen LogP contribution in [0.5, 0.6) is 11.5 Å². The van der Waals surface area contributed by atoms with Gasteiger partial charge in [0.25, 0.3) is 0 Å². The van der Waals surface area contributed by atoms with E-state index in [0.717, 1.165) is 23.4 Å². The summed E-state index contributed by atoms with van der Waals surface area (Å²) in [7, 11) is 1.61. The molecule has 0 atom stereocenters. The number of imidazole rings is 1. The molecule has 1 N–H and O–H groups in total. The second-order valence-corrected chi connectivity index (χ2v) is 7.00. The zero-order valence-corrected chi connectivity index (χ0v) is 16.7. The summed E-state index contributed by atoms with van der Waals surface area (Å²) in [6, 6.07) is 12.6. The predicted molar refractivity (Wildman–Crippen MR) is 107 cm³/mol. The van der Waals surface area contributed by atoms with Crippen LogP contribution in [-0.2, 0) is 11.3 Å². The largest absolute Gasteiger partial charge is 0.573 e. The molecule has 1 amide bonds. The fourth-order valence-electron chi connectivity index (χ4n) is 2.64. The smallest absolute Gasteiger partial charge is 0.496 e. The maximum Gasteiger partial charge on any atom is 0.573 e. The highest BCUT2D eigenvalue weighted by atomic mass is 32.2. The summed E-state index contributed by atoms with van der Waals surface area (Å²) in [4.78, 5) is 16.5. The molecular formula is C20H18F3N3O3S. The van der Waals surface area contributed by atoms with E-state index in [2.05, 4.69) is 15.0 Å². The standard InChI is InChI=1S/C20H18F3N3O3S/c1-28-17-5-3-2-4-14(17)12-26-11-10-24-19(26)30-13-18(27)25-15-6-8-16(9-7-15)29-20(21,22)23/h2-11H,12-13H2,1H3,(H,25,27). The van der Waals surface area contributed by atoms with Crippen LogP contribution in [0, 0.1) is 0 Å². The lowest BCUT2D eigenvalue weighted by molar-refractivity contribution is -0.274. The molecule has 0 spiro atoms. The Morgan fingerprint density at radius 1 is 1.17 bits per heavy atom. The number of benzene rings is 2. The Balaban J connectivity index is 1.55. The molecule has 158 valence electrons. The van der Waals surface area contributed by atoms with E-state index in [-0.39, 0.29) is 17.4 Å². The van der Waals surface area contributed by atoms with Gasteiger partial charge >= 0.3 is 6.36 Å². The van der Waals surface area contributed by atoms with E-state index in [0.29, 0.717) is 17.4 Å². The number of methoxy groups -OCH3 is 1. The highest BCUT2D eigenvalue weighted by Crippen LogP contribution is 2.25. The Morgan fingerprint density at radius 2 is 1.90 bits per heavy atom. The van der Waals surface area contributed by atoms with Gasteiger partial charge in [-0.05, 0) is 30.3 Å². The lowest BCUT2D eigenvalue weighted by atomic mass is 10.2. The van der Waals surface area contributed by atoms with E-state index >= 15 is 0 Å². The van der Waals surface area contributed by atoms with Crippen molar-refractivity contribution in [1.82, 2.24) is 9.55 Å². The first-order valence-electron chi connectivity index (χ1n) is 8.75. The van der Waals surface area contributed by atoms with Gasteiger partial charge in [0, 0.05) is 23.6 Å². The lowest BCUT2D eigenvalue weighted by Gasteiger charge is -2.11. The van der Waals surface area contributed by atoms with Crippen LogP contribution >= 0.6 is 11.8 Å². The maximum atomic E-state index is 12.2. The summed E-state index contributed by atoms with van der Waals surface area (Å²) in [5.41, 5.74) is 1.35. The molecule has 2 aromatic carbocycles.